The number of rotatable bonds is 6. The lowest BCUT2D eigenvalue weighted by Gasteiger charge is -2.13. The van der Waals surface area contributed by atoms with E-state index in [0.29, 0.717) is 6.54 Å². The number of nitrogens with two attached hydrogens (primary N) is 1. The molecular formula is C19H23N5OS. The number of carbonyl (C=O) groups is 1. The van der Waals surface area contributed by atoms with E-state index in [1.165, 1.54) is 5.01 Å². The Morgan fingerprint density at radius 2 is 2.19 bits per heavy atom. The van der Waals surface area contributed by atoms with Crippen LogP contribution in [0.2, 0.25) is 0 Å². The van der Waals surface area contributed by atoms with E-state index >= 15 is 0 Å². The second kappa shape index (κ2) is 7.39. The smallest absolute Gasteiger partial charge is 0.230 e. The van der Waals surface area contributed by atoms with Crippen LogP contribution in [0.1, 0.15) is 40.4 Å². The molecule has 0 saturated heterocycles. The summed E-state index contributed by atoms with van der Waals surface area (Å²) in [5.74, 6) is 0. The Hall–Kier alpha value is -2.51. The van der Waals surface area contributed by atoms with Crippen LogP contribution in [0.15, 0.2) is 29.4 Å². The highest BCUT2D eigenvalue weighted by atomic mass is 32.1. The molecule has 2 aromatic heterocycles. The van der Waals surface area contributed by atoms with Gasteiger partial charge in [-0.1, -0.05) is 24.3 Å². The van der Waals surface area contributed by atoms with E-state index in [0.717, 1.165) is 44.1 Å². The first-order chi connectivity index (χ1) is 12.4. The summed E-state index contributed by atoms with van der Waals surface area (Å²) in [6, 6.07) is 7.87. The van der Waals surface area contributed by atoms with Gasteiger partial charge in [-0.2, -0.15) is 5.10 Å². The van der Waals surface area contributed by atoms with E-state index in [1.807, 2.05) is 52.1 Å². The molecule has 0 aliphatic rings. The monoisotopic (exact) mass is 369 g/mol. The number of hydrogen-bond acceptors (Lipinski definition) is 5. The number of carbonyl (C=O) groups excluding carboxylic acids is 1. The molecule has 1 amide bonds. The molecular weight excluding hydrogens is 346 g/mol. The fourth-order valence-corrected chi connectivity index (χ4v) is 3.89. The van der Waals surface area contributed by atoms with E-state index in [9.17, 15) is 4.79 Å². The van der Waals surface area contributed by atoms with Crippen molar-refractivity contribution in [2.75, 3.05) is 0 Å². The van der Waals surface area contributed by atoms with E-state index in [1.54, 1.807) is 17.6 Å². The van der Waals surface area contributed by atoms with Crippen LogP contribution >= 0.6 is 11.3 Å². The molecule has 1 atom stereocenters. The van der Waals surface area contributed by atoms with Gasteiger partial charge in [0.05, 0.1) is 22.5 Å². The zero-order valence-electron chi connectivity index (χ0n) is 15.4. The molecule has 0 fully saturated rings. The molecule has 136 valence electrons. The minimum atomic E-state index is -0.0436. The second-order valence-electron chi connectivity index (χ2n) is 6.42. The molecule has 6 nitrogen and oxygen atoms in total. The maximum atomic E-state index is 11.5. The molecule has 0 bridgehead atoms. The van der Waals surface area contributed by atoms with E-state index in [4.69, 9.17) is 5.73 Å². The van der Waals surface area contributed by atoms with Crippen molar-refractivity contribution in [1.82, 2.24) is 14.6 Å². The number of fused-ring (bicyclic) bond motifs is 1. The molecule has 3 rings (SSSR count). The first-order valence-electron chi connectivity index (χ1n) is 8.43. The molecule has 0 radical (unpaired) electrons. The summed E-state index contributed by atoms with van der Waals surface area (Å²) in [7, 11) is 1.99. The number of aromatic nitrogens is 2. The largest absolute Gasteiger partial charge is 0.332 e. The van der Waals surface area contributed by atoms with Gasteiger partial charge in [-0.3, -0.25) is 4.79 Å². The van der Waals surface area contributed by atoms with Gasteiger partial charge in [0.15, 0.2) is 5.65 Å². The Bertz CT molecular complexity index is 970. The summed E-state index contributed by atoms with van der Waals surface area (Å²) in [5, 5.41) is 6.80. The standard InChI is InChI=1S/C19H23N5OS/c1-12(20)16-7-5-6-15(8-16)10-24(11-25)21-9-17-13(2)23(4)19-18(17)26-14(3)22-19/h5-9,11-12H,10,20H2,1-4H3/b21-9-. The topological polar surface area (TPSA) is 76.5 Å². The summed E-state index contributed by atoms with van der Waals surface area (Å²) >= 11 is 1.64. The summed E-state index contributed by atoms with van der Waals surface area (Å²) < 4.78 is 3.15. The molecule has 0 spiro atoms. The number of nitrogens with zero attached hydrogens (tertiary/aromatic N) is 4. The Morgan fingerprint density at radius 1 is 1.42 bits per heavy atom. The van der Waals surface area contributed by atoms with Crippen molar-refractivity contribution in [2.24, 2.45) is 17.9 Å². The number of amides is 1. The maximum Gasteiger partial charge on any atom is 0.230 e. The molecule has 3 aromatic rings. The van der Waals surface area contributed by atoms with Crippen LogP contribution in [0.25, 0.3) is 10.3 Å². The zero-order valence-corrected chi connectivity index (χ0v) is 16.2. The Morgan fingerprint density at radius 3 is 2.88 bits per heavy atom. The van der Waals surface area contributed by atoms with Crippen molar-refractivity contribution in [2.45, 2.75) is 33.4 Å². The quantitative estimate of drug-likeness (QED) is 0.412. The van der Waals surface area contributed by atoms with E-state index in [2.05, 4.69) is 14.7 Å². The van der Waals surface area contributed by atoms with Crippen molar-refractivity contribution in [1.29, 1.82) is 0 Å². The molecule has 2 heterocycles. The van der Waals surface area contributed by atoms with Crippen molar-refractivity contribution in [3.05, 3.63) is 51.7 Å². The fraction of sp³-hybridized carbons (Fsp3) is 0.316. The van der Waals surface area contributed by atoms with Crippen LogP contribution in [0.3, 0.4) is 0 Å². The van der Waals surface area contributed by atoms with Gasteiger partial charge in [0, 0.05) is 24.3 Å². The first kappa shape index (κ1) is 18.3. The molecule has 7 heteroatoms. The average molecular weight is 369 g/mol. The van der Waals surface area contributed by atoms with Crippen molar-refractivity contribution in [3.8, 4) is 0 Å². The van der Waals surface area contributed by atoms with Crippen LogP contribution < -0.4 is 5.73 Å². The summed E-state index contributed by atoms with van der Waals surface area (Å²) in [6.45, 7) is 6.36. The number of benzene rings is 1. The number of aryl methyl sites for hydroxylation is 2. The lowest BCUT2D eigenvalue weighted by molar-refractivity contribution is -0.118. The minimum Gasteiger partial charge on any atom is -0.332 e. The van der Waals surface area contributed by atoms with E-state index in [-0.39, 0.29) is 6.04 Å². The highest BCUT2D eigenvalue weighted by Gasteiger charge is 2.15. The number of thiazole rings is 1. The van der Waals surface area contributed by atoms with Gasteiger partial charge in [-0.15, -0.1) is 11.3 Å². The molecule has 0 aliphatic carbocycles. The van der Waals surface area contributed by atoms with Crippen LogP contribution in [0.4, 0.5) is 0 Å². The van der Waals surface area contributed by atoms with Gasteiger partial charge >= 0.3 is 0 Å². The maximum absolute atomic E-state index is 11.5. The van der Waals surface area contributed by atoms with Crippen LogP contribution in [-0.2, 0) is 18.4 Å². The van der Waals surface area contributed by atoms with Crippen LogP contribution in [0, 0.1) is 13.8 Å². The minimum absolute atomic E-state index is 0.0436. The molecule has 1 unspecified atom stereocenters. The van der Waals surface area contributed by atoms with Gasteiger partial charge in [0.1, 0.15) is 0 Å². The summed E-state index contributed by atoms with van der Waals surface area (Å²) in [6.07, 6.45) is 2.49. The van der Waals surface area contributed by atoms with Crippen molar-refractivity contribution in [3.63, 3.8) is 0 Å². The predicted molar refractivity (Wildman–Crippen MR) is 106 cm³/mol. The first-order valence-corrected chi connectivity index (χ1v) is 9.25. The third-order valence-corrected chi connectivity index (χ3v) is 5.44. The fourth-order valence-electron chi connectivity index (χ4n) is 2.87. The molecule has 26 heavy (non-hydrogen) atoms. The molecule has 1 aromatic carbocycles. The SMILES string of the molecule is Cc1nc2c(s1)c(/C=N\N(C=O)Cc1cccc(C(C)N)c1)c(C)n2C. The van der Waals surface area contributed by atoms with Gasteiger partial charge in [0.25, 0.3) is 0 Å². The third-order valence-electron chi connectivity index (χ3n) is 4.45. The Kier molecular flexibility index (Phi) is 5.20. The Balaban J connectivity index is 1.86. The highest BCUT2D eigenvalue weighted by Crippen LogP contribution is 2.28. The van der Waals surface area contributed by atoms with Gasteiger partial charge < -0.3 is 10.3 Å². The van der Waals surface area contributed by atoms with Crippen molar-refractivity contribution < 1.29 is 4.79 Å². The van der Waals surface area contributed by atoms with Crippen molar-refractivity contribution >= 4 is 34.3 Å². The highest BCUT2D eigenvalue weighted by molar-refractivity contribution is 7.18. The zero-order chi connectivity index (χ0) is 18.8. The third kappa shape index (κ3) is 3.54. The predicted octanol–water partition coefficient (Wildman–Crippen LogP) is 3.26. The van der Waals surface area contributed by atoms with Gasteiger partial charge in [0.2, 0.25) is 6.41 Å². The van der Waals surface area contributed by atoms with Crippen LogP contribution in [-0.4, -0.2) is 27.2 Å². The van der Waals surface area contributed by atoms with Gasteiger partial charge in [-0.25, -0.2) is 9.99 Å². The Labute approximate surface area is 156 Å². The second-order valence-corrected chi connectivity index (χ2v) is 7.63. The lowest BCUT2D eigenvalue weighted by atomic mass is 10.1. The van der Waals surface area contributed by atoms with Crippen LogP contribution in [0.5, 0.6) is 0 Å². The van der Waals surface area contributed by atoms with Gasteiger partial charge in [-0.05, 0) is 31.9 Å². The molecule has 0 aliphatic heterocycles. The molecule has 2 N–H and O–H groups in total. The lowest BCUT2D eigenvalue weighted by Crippen LogP contribution is -2.15. The number of hydrogen-bond donors (Lipinski definition) is 1. The molecule has 0 saturated carbocycles. The van der Waals surface area contributed by atoms with E-state index < -0.39 is 0 Å². The normalized spacial score (nSPS) is 12.8. The average Bonchev–Trinajstić information content (AvgIpc) is 3.10. The summed E-state index contributed by atoms with van der Waals surface area (Å²) in [4.78, 5) is 16.0. The summed E-state index contributed by atoms with van der Waals surface area (Å²) in [5.41, 5.74) is 11.0. The number of hydrazone groups is 1.